The van der Waals surface area contributed by atoms with Crippen LogP contribution in [0.1, 0.15) is 17.5 Å². The molecule has 1 aliphatic carbocycles. The van der Waals surface area contributed by atoms with Gasteiger partial charge in [0, 0.05) is 37.6 Å². The highest BCUT2D eigenvalue weighted by molar-refractivity contribution is 5.94. The zero-order valence-corrected chi connectivity index (χ0v) is 20.3. The van der Waals surface area contributed by atoms with E-state index in [0.29, 0.717) is 29.2 Å². The fourth-order valence-corrected chi connectivity index (χ4v) is 4.20. The topological polar surface area (TPSA) is 54.0 Å². The van der Waals surface area contributed by atoms with E-state index in [1.165, 1.54) is 13.2 Å². The van der Waals surface area contributed by atoms with Crippen LogP contribution in [0.2, 0.25) is 0 Å². The molecular formula is C27H30F3N3O3. The molecule has 2 aliphatic rings. The minimum absolute atomic E-state index is 0.0486. The van der Waals surface area contributed by atoms with Crippen molar-refractivity contribution in [3.05, 3.63) is 83.3 Å². The summed E-state index contributed by atoms with van der Waals surface area (Å²) in [5, 5.41) is 2.94. The summed E-state index contributed by atoms with van der Waals surface area (Å²) in [4.78, 5) is 17.5. The second-order valence-electron chi connectivity index (χ2n) is 8.96. The molecule has 1 amide bonds. The van der Waals surface area contributed by atoms with Crippen LogP contribution in [0.5, 0.6) is 0 Å². The van der Waals surface area contributed by atoms with E-state index in [0.717, 1.165) is 44.0 Å². The second kappa shape index (κ2) is 11.1. The number of hydrogen-bond acceptors (Lipinski definition) is 5. The molecule has 36 heavy (non-hydrogen) atoms. The number of methoxy groups -OCH3 is 1. The molecule has 2 aromatic carbocycles. The molecule has 1 N–H and O–H groups in total. The quantitative estimate of drug-likeness (QED) is 0.576. The summed E-state index contributed by atoms with van der Waals surface area (Å²) in [7, 11) is 3.58. The van der Waals surface area contributed by atoms with Crippen molar-refractivity contribution in [3.8, 4) is 0 Å². The molecular weight excluding hydrogens is 471 g/mol. The highest BCUT2D eigenvalue weighted by atomic mass is 19.4. The summed E-state index contributed by atoms with van der Waals surface area (Å²) >= 11 is 0. The zero-order valence-electron chi connectivity index (χ0n) is 20.3. The number of rotatable bonds is 7. The summed E-state index contributed by atoms with van der Waals surface area (Å²) in [5.41, 5.74) is 1.50. The predicted octanol–water partition coefficient (Wildman–Crippen LogP) is 5.05. The van der Waals surface area contributed by atoms with Crippen LogP contribution in [0.3, 0.4) is 0 Å². The van der Waals surface area contributed by atoms with Gasteiger partial charge in [0.2, 0.25) is 5.91 Å². The number of anilines is 2. The van der Waals surface area contributed by atoms with Crippen LogP contribution >= 0.6 is 0 Å². The summed E-state index contributed by atoms with van der Waals surface area (Å²) in [6, 6.07) is 12.8. The Bertz CT molecular complexity index is 1120. The number of carbonyl (C=O) groups is 1. The maximum absolute atomic E-state index is 12.9. The van der Waals surface area contributed by atoms with Crippen molar-refractivity contribution in [1.29, 1.82) is 0 Å². The van der Waals surface area contributed by atoms with E-state index < -0.39 is 17.7 Å². The predicted molar refractivity (Wildman–Crippen MR) is 132 cm³/mol. The Morgan fingerprint density at radius 3 is 2.44 bits per heavy atom. The van der Waals surface area contributed by atoms with Gasteiger partial charge in [-0.15, -0.1) is 0 Å². The summed E-state index contributed by atoms with van der Waals surface area (Å²) < 4.78 is 50.0. The molecule has 1 fully saturated rings. The fourth-order valence-electron chi connectivity index (χ4n) is 4.20. The van der Waals surface area contributed by atoms with E-state index in [-0.39, 0.29) is 12.5 Å². The monoisotopic (exact) mass is 501 g/mol. The Kier molecular flexibility index (Phi) is 7.88. The van der Waals surface area contributed by atoms with Gasteiger partial charge in [0.05, 0.1) is 18.6 Å². The highest BCUT2D eigenvalue weighted by Gasteiger charge is 2.30. The Balaban J connectivity index is 1.33. The summed E-state index contributed by atoms with van der Waals surface area (Å²) in [6.45, 7) is 3.94. The molecule has 1 atom stereocenters. The lowest BCUT2D eigenvalue weighted by Gasteiger charge is -2.34. The van der Waals surface area contributed by atoms with Crippen LogP contribution in [-0.4, -0.2) is 51.1 Å². The van der Waals surface area contributed by atoms with Gasteiger partial charge in [-0.1, -0.05) is 12.1 Å². The van der Waals surface area contributed by atoms with Gasteiger partial charge in [0.25, 0.3) is 0 Å². The van der Waals surface area contributed by atoms with Crippen molar-refractivity contribution in [2.75, 3.05) is 50.6 Å². The van der Waals surface area contributed by atoms with Crippen molar-refractivity contribution < 1.29 is 27.4 Å². The number of hydrogen-bond donors (Lipinski definition) is 1. The van der Waals surface area contributed by atoms with Gasteiger partial charge in [-0.05, 0) is 67.6 Å². The Morgan fingerprint density at radius 1 is 1.06 bits per heavy atom. The van der Waals surface area contributed by atoms with Crippen LogP contribution in [0.4, 0.5) is 24.5 Å². The van der Waals surface area contributed by atoms with Crippen molar-refractivity contribution in [2.45, 2.75) is 19.2 Å². The maximum atomic E-state index is 12.9. The van der Waals surface area contributed by atoms with Gasteiger partial charge in [-0.3, -0.25) is 4.79 Å². The number of nitrogens with one attached hydrogen (secondary N) is 1. The SMILES string of the molecule is COC1=CC(C(=O)Nc2ccc(N3CCN(C)CC3)cc2)CC=C1OCc1cccc(C(F)(F)F)c1. The molecule has 1 unspecified atom stereocenters. The van der Waals surface area contributed by atoms with Gasteiger partial charge in [-0.2, -0.15) is 13.2 Å². The van der Waals surface area contributed by atoms with Gasteiger partial charge < -0.3 is 24.6 Å². The van der Waals surface area contributed by atoms with Gasteiger partial charge in [-0.25, -0.2) is 0 Å². The molecule has 0 aromatic heterocycles. The Morgan fingerprint density at radius 2 is 1.78 bits per heavy atom. The van der Waals surface area contributed by atoms with Crippen LogP contribution in [0.15, 0.2) is 72.2 Å². The first-order valence-electron chi connectivity index (χ1n) is 11.8. The lowest BCUT2D eigenvalue weighted by Crippen LogP contribution is -2.44. The number of ether oxygens (including phenoxy) is 2. The third-order valence-corrected chi connectivity index (χ3v) is 6.36. The normalized spacial score (nSPS) is 18.8. The number of benzene rings is 2. The van der Waals surface area contributed by atoms with Crippen molar-refractivity contribution in [2.24, 2.45) is 5.92 Å². The fraction of sp³-hybridized carbons (Fsp3) is 0.370. The van der Waals surface area contributed by atoms with Crippen molar-refractivity contribution in [3.63, 3.8) is 0 Å². The number of halogens is 3. The van der Waals surface area contributed by atoms with Gasteiger partial charge >= 0.3 is 6.18 Å². The highest BCUT2D eigenvalue weighted by Crippen LogP contribution is 2.31. The van der Waals surface area contributed by atoms with Gasteiger partial charge in [0.15, 0.2) is 11.5 Å². The first-order valence-corrected chi connectivity index (χ1v) is 11.8. The first kappa shape index (κ1) is 25.6. The molecule has 6 nitrogen and oxygen atoms in total. The molecule has 9 heteroatoms. The van der Waals surface area contributed by atoms with Crippen LogP contribution < -0.4 is 10.2 Å². The van der Waals surface area contributed by atoms with Crippen molar-refractivity contribution in [1.82, 2.24) is 4.90 Å². The molecule has 1 saturated heterocycles. The number of amides is 1. The Hall–Kier alpha value is -3.46. The number of likely N-dealkylation sites (N-methyl/N-ethyl adjacent to an activating group) is 1. The van der Waals surface area contributed by atoms with Crippen molar-refractivity contribution >= 4 is 17.3 Å². The van der Waals surface area contributed by atoms with Crippen LogP contribution in [0, 0.1) is 5.92 Å². The summed E-state index contributed by atoms with van der Waals surface area (Å²) in [6.07, 6.45) is -0.623. The average Bonchev–Trinajstić information content (AvgIpc) is 2.88. The molecule has 0 saturated carbocycles. The smallest absolute Gasteiger partial charge is 0.416 e. The third kappa shape index (κ3) is 6.40. The van der Waals surface area contributed by atoms with E-state index in [9.17, 15) is 18.0 Å². The third-order valence-electron chi connectivity index (χ3n) is 6.36. The lowest BCUT2D eigenvalue weighted by molar-refractivity contribution is -0.137. The standard InChI is InChI=1S/C27H30F3N3O3/c1-32-12-14-33(15-13-32)23-9-7-22(8-10-23)31-26(34)20-6-11-24(25(17-20)35-2)36-18-19-4-3-5-21(16-19)27(28,29)30/h3-5,7-11,16-17,20H,6,12-15,18H2,1-2H3,(H,31,34). The zero-order chi connectivity index (χ0) is 25.7. The largest absolute Gasteiger partial charge is 0.493 e. The number of allylic oxidation sites excluding steroid dienone is 1. The molecule has 1 aliphatic heterocycles. The molecule has 0 bridgehead atoms. The lowest BCUT2D eigenvalue weighted by atomic mass is 9.97. The summed E-state index contributed by atoms with van der Waals surface area (Å²) in [5.74, 6) is 0.137. The number of alkyl halides is 3. The van der Waals surface area contributed by atoms with E-state index in [1.54, 1.807) is 18.2 Å². The molecule has 2 aromatic rings. The average molecular weight is 502 g/mol. The maximum Gasteiger partial charge on any atom is 0.416 e. The number of nitrogens with zero attached hydrogens (tertiary/aromatic N) is 2. The molecule has 0 spiro atoms. The van der Waals surface area contributed by atoms with E-state index >= 15 is 0 Å². The van der Waals surface area contributed by atoms with E-state index in [4.69, 9.17) is 9.47 Å². The minimum atomic E-state index is -4.41. The molecule has 1 heterocycles. The molecule has 192 valence electrons. The molecule has 0 radical (unpaired) electrons. The number of carbonyl (C=O) groups excluding carboxylic acids is 1. The number of piperazine rings is 1. The molecule has 4 rings (SSSR count). The first-order chi connectivity index (χ1) is 17.2. The van der Waals surface area contributed by atoms with Crippen LogP contribution in [-0.2, 0) is 27.1 Å². The van der Waals surface area contributed by atoms with E-state index in [1.807, 2.05) is 24.3 Å². The Labute approximate surface area is 209 Å². The van der Waals surface area contributed by atoms with E-state index in [2.05, 4.69) is 22.2 Å². The van der Waals surface area contributed by atoms with Crippen LogP contribution in [0.25, 0.3) is 0 Å². The van der Waals surface area contributed by atoms with Gasteiger partial charge in [0.1, 0.15) is 6.61 Å². The minimum Gasteiger partial charge on any atom is -0.493 e. The second-order valence-corrected chi connectivity index (χ2v) is 8.96.